The van der Waals surface area contributed by atoms with Crippen molar-refractivity contribution in [3.63, 3.8) is 0 Å². The van der Waals surface area contributed by atoms with Crippen molar-refractivity contribution in [1.82, 2.24) is 15.1 Å². The summed E-state index contributed by atoms with van der Waals surface area (Å²) in [4.78, 5) is 0. The Bertz CT molecular complexity index is 382. The van der Waals surface area contributed by atoms with Crippen LogP contribution in [0.25, 0.3) is 0 Å². The average molecular weight is 293 g/mol. The average Bonchev–Trinajstić information content (AvgIpc) is 2.85. The zero-order valence-corrected chi connectivity index (χ0v) is 14.7. The third kappa shape index (κ3) is 5.82. The lowest BCUT2D eigenvalue weighted by molar-refractivity contribution is 0.511. The first kappa shape index (κ1) is 18.2. The van der Waals surface area contributed by atoms with Gasteiger partial charge in [0.25, 0.3) is 0 Å². The van der Waals surface area contributed by atoms with Crippen LogP contribution in [0.15, 0.2) is 0 Å². The van der Waals surface area contributed by atoms with Crippen LogP contribution in [-0.4, -0.2) is 16.3 Å². The fourth-order valence-electron chi connectivity index (χ4n) is 2.95. The van der Waals surface area contributed by atoms with E-state index in [9.17, 15) is 0 Å². The van der Waals surface area contributed by atoms with Gasteiger partial charge in [-0.15, -0.1) is 0 Å². The third-order valence-electron chi connectivity index (χ3n) is 4.19. The molecule has 0 fully saturated rings. The second kappa shape index (κ2) is 10.8. The SMILES string of the molecule is CCCCCCCCn1nc(CC)c(CNCC)c1CC. The first-order chi connectivity index (χ1) is 10.3. The first-order valence-electron chi connectivity index (χ1n) is 9.06. The summed E-state index contributed by atoms with van der Waals surface area (Å²) in [5.74, 6) is 0. The lowest BCUT2D eigenvalue weighted by Crippen LogP contribution is -2.14. The Balaban J connectivity index is 2.58. The van der Waals surface area contributed by atoms with E-state index in [2.05, 4.69) is 37.7 Å². The van der Waals surface area contributed by atoms with Crippen molar-refractivity contribution in [2.45, 2.75) is 92.2 Å². The number of nitrogens with zero attached hydrogens (tertiary/aromatic N) is 2. The van der Waals surface area contributed by atoms with Gasteiger partial charge in [0.05, 0.1) is 5.69 Å². The summed E-state index contributed by atoms with van der Waals surface area (Å²) in [5.41, 5.74) is 4.19. The molecule has 0 unspecified atom stereocenters. The first-order valence-corrected chi connectivity index (χ1v) is 9.06. The number of aryl methyl sites for hydroxylation is 2. The van der Waals surface area contributed by atoms with Crippen LogP contribution < -0.4 is 5.32 Å². The fraction of sp³-hybridized carbons (Fsp3) is 0.833. The van der Waals surface area contributed by atoms with Gasteiger partial charge in [-0.05, 0) is 25.8 Å². The lowest BCUT2D eigenvalue weighted by Gasteiger charge is -2.08. The molecule has 122 valence electrons. The molecule has 0 aliphatic heterocycles. The highest BCUT2D eigenvalue weighted by atomic mass is 15.3. The molecule has 0 bridgehead atoms. The van der Waals surface area contributed by atoms with E-state index in [1.807, 2.05) is 0 Å². The van der Waals surface area contributed by atoms with Crippen molar-refractivity contribution < 1.29 is 0 Å². The largest absolute Gasteiger partial charge is 0.313 e. The molecule has 0 aromatic carbocycles. The minimum atomic E-state index is 0.972. The highest BCUT2D eigenvalue weighted by Gasteiger charge is 2.14. The monoisotopic (exact) mass is 293 g/mol. The number of aromatic nitrogens is 2. The van der Waals surface area contributed by atoms with Crippen LogP contribution in [0.1, 0.15) is 83.2 Å². The number of nitrogens with one attached hydrogen (secondary N) is 1. The zero-order chi connectivity index (χ0) is 15.5. The molecule has 0 amide bonds. The van der Waals surface area contributed by atoms with E-state index in [-0.39, 0.29) is 0 Å². The van der Waals surface area contributed by atoms with Gasteiger partial charge in [-0.3, -0.25) is 4.68 Å². The van der Waals surface area contributed by atoms with Crippen molar-refractivity contribution >= 4 is 0 Å². The van der Waals surface area contributed by atoms with E-state index in [1.54, 1.807) is 0 Å². The van der Waals surface area contributed by atoms with Crippen molar-refractivity contribution in [2.24, 2.45) is 0 Å². The zero-order valence-electron chi connectivity index (χ0n) is 14.7. The molecule has 1 heterocycles. The van der Waals surface area contributed by atoms with E-state index in [4.69, 9.17) is 5.10 Å². The van der Waals surface area contributed by atoms with Gasteiger partial charge in [-0.25, -0.2) is 0 Å². The van der Waals surface area contributed by atoms with Gasteiger partial charge in [0, 0.05) is 24.3 Å². The summed E-state index contributed by atoms with van der Waals surface area (Å²) in [5, 5.41) is 8.33. The molecule has 0 atom stereocenters. The minimum Gasteiger partial charge on any atom is -0.313 e. The van der Waals surface area contributed by atoms with Crippen molar-refractivity contribution in [2.75, 3.05) is 6.54 Å². The standard InChI is InChI=1S/C18H35N3/c1-5-9-10-11-12-13-14-21-18(7-3)16(15-19-8-4)17(6-2)20-21/h19H,5-15H2,1-4H3. The molecule has 1 aromatic rings. The molecule has 3 heteroatoms. The highest BCUT2D eigenvalue weighted by molar-refractivity contribution is 5.26. The van der Waals surface area contributed by atoms with Gasteiger partial charge in [0.2, 0.25) is 0 Å². The van der Waals surface area contributed by atoms with E-state index < -0.39 is 0 Å². The van der Waals surface area contributed by atoms with E-state index >= 15 is 0 Å². The Labute approximate surface area is 131 Å². The smallest absolute Gasteiger partial charge is 0.0669 e. The number of hydrogen-bond acceptors (Lipinski definition) is 2. The quantitative estimate of drug-likeness (QED) is 0.576. The summed E-state index contributed by atoms with van der Waals surface area (Å²) in [6.07, 6.45) is 10.2. The van der Waals surface area contributed by atoms with E-state index in [0.29, 0.717) is 0 Å². The van der Waals surface area contributed by atoms with Crippen LogP contribution in [-0.2, 0) is 25.9 Å². The predicted octanol–water partition coefficient (Wildman–Crippen LogP) is 4.48. The lowest BCUT2D eigenvalue weighted by atomic mass is 10.1. The van der Waals surface area contributed by atoms with Crippen LogP contribution in [0.3, 0.4) is 0 Å². The van der Waals surface area contributed by atoms with E-state index in [1.165, 1.54) is 55.5 Å². The molecule has 0 saturated carbocycles. The van der Waals surface area contributed by atoms with Gasteiger partial charge < -0.3 is 5.32 Å². The van der Waals surface area contributed by atoms with Gasteiger partial charge >= 0.3 is 0 Å². The van der Waals surface area contributed by atoms with Crippen LogP contribution in [0, 0.1) is 0 Å². The molecule has 3 nitrogen and oxygen atoms in total. The molecule has 0 radical (unpaired) electrons. The summed E-state index contributed by atoms with van der Waals surface area (Å²) >= 11 is 0. The number of hydrogen-bond donors (Lipinski definition) is 1. The Hall–Kier alpha value is -0.830. The molecule has 21 heavy (non-hydrogen) atoms. The van der Waals surface area contributed by atoms with Crippen molar-refractivity contribution in [3.05, 3.63) is 17.0 Å². The number of unbranched alkanes of at least 4 members (excludes halogenated alkanes) is 5. The maximum absolute atomic E-state index is 4.86. The summed E-state index contributed by atoms with van der Waals surface area (Å²) < 4.78 is 2.28. The van der Waals surface area contributed by atoms with Crippen LogP contribution in [0.2, 0.25) is 0 Å². The molecule has 0 aliphatic rings. The number of rotatable bonds is 12. The Morgan fingerprint density at radius 1 is 0.905 bits per heavy atom. The second-order valence-electron chi connectivity index (χ2n) is 5.85. The molecule has 1 rings (SSSR count). The van der Waals surface area contributed by atoms with Gasteiger partial charge in [-0.2, -0.15) is 5.10 Å². The summed E-state index contributed by atoms with van der Waals surface area (Å²) in [6, 6.07) is 0. The summed E-state index contributed by atoms with van der Waals surface area (Å²) in [7, 11) is 0. The molecule has 1 aromatic heterocycles. The van der Waals surface area contributed by atoms with Crippen LogP contribution >= 0.6 is 0 Å². The maximum atomic E-state index is 4.86. The predicted molar refractivity (Wildman–Crippen MR) is 91.7 cm³/mol. The van der Waals surface area contributed by atoms with Gasteiger partial charge in [-0.1, -0.05) is 59.8 Å². The highest BCUT2D eigenvalue weighted by Crippen LogP contribution is 2.17. The van der Waals surface area contributed by atoms with E-state index in [0.717, 1.165) is 32.5 Å². The topological polar surface area (TPSA) is 29.9 Å². The summed E-state index contributed by atoms with van der Waals surface area (Å²) in [6.45, 7) is 12.0. The van der Waals surface area contributed by atoms with Crippen molar-refractivity contribution in [3.8, 4) is 0 Å². The molecular weight excluding hydrogens is 258 g/mol. The Morgan fingerprint density at radius 2 is 1.62 bits per heavy atom. The van der Waals surface area contributed by atoms with Gasteiger partial charge in [0.1, 0.15) is 0 Å². The Kier molecular flexibility index (Phi) is 9.40. The van der Waals surface area contributed by atoms with Crippen LogP contribution in [0.4, 0.5) is 0 Å². The second-order valence-corrected chi connectivity index (χ2v) is 5.85. The molecule has 0 spiro atoms. The maximum Gasteiger partial charge on any atom is 0.0669 e. The normalized spacial score (nSPS) is 11.2. The Morgan fingerprint density at radius 3 is 2.24 bits per heavy atom. The minimum absolute atomic E-state index is 0.972. The molecule has 0 saturated heterocycles. The molecular formula is C18H35N3. The van der Waals surface area contributed by atoms with Crippen molar-refractivity contribution in [1.29, 1.82) is 0 Å². The van der Waals surface area contributed by atoms with Crippen LogP contribution in [0.5, 0.6) is 0 Å². The van der Waals surface area contributed by atoms with Gasteiger partial charge in [0.15, 0.2) is 0 Å². The molecule has 1 N–H and O–H groups in total. The molecule has 0 aliphatic carbocycles. The fourth-order valence-corrected chi connectivity index (χ4v) is 2.95. The third-order valence-corrected chi connectivity index (χ3v) is 4.19.